The van der Waals surface area contributed by atoms with Crippen molar-refractivity contribution in [2.24, 2.45) is 17.8 Å². The Balaban J connectivity index is 1.48. The average molecular weight is 321 g/mol. The van der Waals surface area contributed by atoms with E-state index >= 15 is 0 Å². The molecule has 0 bridgehead atoms. The molecule has 4 atom stereocenters. The maximum Gasteiger partial charge on any atom is 0.228 e. The van der Waals surface area contributed by atoms with Gasteiger partial charge in [-0.05, 0) is 50.4 Å². The number of amides is 1. The van der Waals surface area contributed by atoms with Gasteiger partial charge in [0, 0.05) is 13.1 Å². The zero-order valence-electron chi connectivity index (χ0n) is 14.4. The molecule has 2 saturated carbocycles. The Morgan fingerprint density at radius 1 is 1.26 bits per heavy atom. The quantitative estimate of drug-likeness (QED) is 0.869. The second-order valence-corrected chi connectivity index (χ2v) is 8.47. The van der Waals surface area contributed by atoms with E-state index in [1.807, 2.05) is 4.90 Å². The summed E-state index contributed by atoms with van der Waals surface area (Å²) in [5.41, 5.74) is -0.820. The molecule has 1 N–H and O–H groups in total. The molecule has 130 valence electrons. The molecule has 1 amide bonds. The van der Waals surface area contributed by atoms with Gasteiger partial charge >= 0.3 is 0 Å². The van der Waals surface area contributed by atoms with Crippen LogP contribution in [0.3, 0.4) is 0 Å². The lowest BCUT2D eigenvalue weighted by Crippen LogP contribution is -2.56. The highest BCUT2D eigenvalue weighted by molar-refractivity contribution is 5.80. The minimum Gasteiger partial charge on any atom is -0.389 e. The molecule has 0 aromatic rings. The molecule has 0 radical (unpaired) electrons. The summed E-state index contributed by atoms with van der Waals surface area (Å²) in [5.74, 6) is 1.41. The van der Waals surface area contributed by atoms with E-state index in [9.17, 15) is 9.90 Å². The SMILES string of the molecule is CCC(C(=O)N1CCCC2(C1)OC[C@@H]1C[C@@H]12)C1(O)CCCCC1. The van der Waals surface area contributed by atoms with Crippen LogP contribution in [-0.4, -0.2) is 46.8 Å². The van der Waals surface area contributed by atoms with Crippen LogP contribution in [-0.2, 0) is 9.53 Å². The molecule has 4 nitrogen and oxygen atoms in total. The molecule has 23 heavy (non-hydrogen) atoms. The Hall–Kier alpha value is -0.610. The van der Waals surface area contributed by atoms with Gasteiger partial charge in [0.15, 0.2) is 0 Å². The van der Waals surface area contributed by atoms with Gasteiger partial charge in [0.25, 0.3) is 0 Å². The first-order valence-corrected chi connectivity index (χ1v) is 9.73. The highest BCUT2D eigenvalue weighted by atomic mass is 16.5. The molecule has 1 spiro atoms. The number of carbonyl (C=O) groups excluding carboxylic acids is 1. The fraction of sp³-hybridized carbons (Fsp3) is 0.947. The minimum absolute atomic E-state index is 0.0496. The van der Waals surface area contributed by atoms with Gasteiger partial charge < -0.3 is 14.7 Å². The smallest absolute Gasteiger partial charge is 0.228 e. The predicted molar refractivity (Wildman–Crippen MR) is 87.9 cm³/mol. The Morgan fingerprint density at radius 2 is 2.04 bits per heavy atom. The summed E-state index contributed by atoms with van der Waals surface area (Å²) in [5, 5.41) is 11.1. The molecular formula is C19H31NO3. The van der Waals surface area contributed by atoms with Crippen LogP contribution in [0.5, 0.6) is 0 Å². The van der Waals surface area contributed by atoms with Crippen LogP contribution in [0, 0.1) is 17.8 Å². The monoisotopic (exact) mass is 321 g/mol. The van der Waals surface area contributed by atoms with E-state index in [1.54, 1.807) is 0 Å². The zero-order chi connectivity index (χ0) is 16.1. The molecule has 2 aliphatic carbocycles. The Kier molecular flexibility index (Phi) is 3.96. The number of fused-ring (bicyclic) bond motifs is 2. The van der Waals surface area contributed by atoms with Gasteiger partial charge in [-0.3, -0.25) is 4.79 Å². The first-order chi connectivity index (χ1) is 11.1. The van der Waals surface area contributed by atoms with Crippen molar-refractivity contribution in [3.8, 4) is 0 Å². The van der Waals surface area contributed by atoms with Crippen LogP contribution in [0.15, 0.2) is 0 Å². The Labute approximate surface area is 139 Å². The molecule has 4 rings (SSSR count). The van der Waals surface area contributed by atoms with Crippen molar-refractivity contribution < 1.29 is 14.6 Å². The summed E-state index contributed by atoms with van der Waals surface area (Å²) in [6.07, 6.45) is 9.07. The summed E-state index contributed by atoms with van der Waals surface area (Å²) in [6.45, 7) is 4.55. The second kappa shape index (κ2) is 5.73. The molecule has 2 heterocycles. The molecule has 2 saturated heterocycles. The van der Waals surface area contributed by atoms with Crippen molar-refractivity contribution in [1.82, 2.24) is 4.90 Å². The number of hydrogen-bond acceptors (Lipinski definition) is 3. The number of ether oxygens (including phenoxy) is 1. The number of piperidine rings is 1. The van der Waals surface area contributed by atoms with Crippen LogP contribution in [0.25, 0.3) is 0 Å². The van der Waals surface area contributed by atoms with Gasteiger partial charge in [0.1, 0.15) is 0 Å². The van der Waals surface area contributed by atoms with Crippen molar-refractivity contribution >= 4 is 5.91 Å². The van der Waals surface area contributed by atoms with E-state index in [0.717, 1.165) is 70.6 Å². The summed E-state index contributed by atoms with van der Waals surface area (Å²) in [4.78, 5) is 15.2. The van der Waals surface area contributed by atoms with Crippen LogP contribution in [0.4, 0.5) is 0 Å². The van der Waals surface area contributed by atoms with E-state index in [2.05, 4.69) is 6.92 Å². The standard InChI is InChI=1S/C19H31NO3/c1-2-15(18(22)7-4-3-5-8-18)17(21)20-10-6-9-19(13-20)16-11-14(16)12-23-19/h14-16,22H,2-13H2,1H3/t14-,15?,16-,19?/m0/s1. The molecular weight excluding hydrogens is 290 g/mol. The first kappa shape index (κ1) is 15.9. The van der Waals surface area contributed by atoms with Gasteiger partial charge in [0.05, 0.1) is 23.7 Å². The van der Waals surface area contributed by atoms with Crippen LogP contribution >= 0.6 is 0 Å². The lowest BCUT2D eigenvalue weighted by Gasteiger charge is -2.45. The molecule has 2 unspecified atom stereocenters. The Bertz CT molecular complexity index is 473. The second-order valence-electron chi connectivity index (χ2n) is 8.47. The van der Waals surface area contributed by atoms with Crippen molar-refractivity contribution in [2.75, 3.05) is 19.7 Å². The highest BCUT2D eigenvalue weighted by Gasteiger charge is 2.60. The van der Waals surface area contributed by atoms with Crippen molar-refractivity contribution in [1.29, 1.82) is 0 Å². The molecule has 4 heteroatoms. The lowest BCUT2D eigenvalue weighted by atomic mass is 9.73. The molecule has 0 aromatic carbocycles. The molecule has 4 aliphatic rings. The summed E-state index contributed by atoms with van der Waals surface area (Å²) >= 11 is 0. The molecule has 0 aromatic heterocycles. The third-order valence-corrected chi connectivity index (χ3v) is 7.06. The fourth-order valence-electron chi connectivity index (χ4n) is 5.63. The van der Waals surface area contributed by atoms with Crippen molar-refractivity contribution in [3.05, 3.63) is 0 Å². The maximum absolute atomic E-state index is 13.2. The van der Waals surface area contributed by atoms with E-state index in [4.69, 9.17) is 4.74 Å². The number of carbonyl (C=O) groups is 1. The third-order valence-electron chi connectivity index (χ3n) is 7.06. The minimum atomic E-state index is -0.770. The number of nitrogens with zero attached hydrogens (tertiary/aromatic N) is 1. The third kappa shape index (κ3) is 2.62. The van der Waals surface area contributed by atoms with Gasteiger partial charge in [-0.25, -0.2) is 0 Å². The first-order valence-electron chi connectivity index (χ1n) is 9.73. The van der Waals surface area contributed by atoms with Crippen LogP contribution in [0.2, 0.25) is 0 Å². The number of aliphatic hydroxyl groups is 1. The van der Waals surface area contributed by atoms with E-state index in [1.165, 1.54) is 12.8 Å². The van der Waals surface area contributed by atoms with E-state index < -0.39 is 5.60 Å². The number of rotatable bonds is 3. The van der Waals surface area contributed by atoms with E-state index in [-0.39, 0.29) is 17.4 Å². The van der Waals surface area contributed by atoms with Crippen molar-refractivity contribution in [3.63, 3.8) is 0 Å². The fourth-order valence-corrected chi connectivity index (χ4v) is 5.63. The van der Waals surface area contributed by atoms with Gasteiger partial charge in [-0.2, -0.15) is 0 Å². The number of likely N-dealkylation sites (tertiary alicyclic amines) is 1. The van der Waals surface area contributed by atoms with Crippen molar-refractivity contribution in [2.45, 2.75) is 75.9 Å². The summed E-state index contributed by atoms with van der Waals surface area (Å²) in [6, 6.07) is 0. The maximum atomic E-state index is 13.2. The van der Waals surface area contributed by atoms with E-state index in [0.29, 0.717) is 5.92 Å². The molecule has 4 fully saturated rings. The number of hydrogen-bond donors (Lipinski definition) is 1. The average Bonchev–Trinajstić information content (AvgIpc) is 3.28. The largest absolute Gasteiger partial charge is 0.389 e. The van der Waals surface area contributed by atoms with Crippen LogP contribution in [0.1, 0.15) is 64.7 Å². The highest BCUT2D eigenvalue weighted by Crippen LogP contribution is 2.57. The normalized spacial score (nSPS) is 40.0. The summed E-state index contributed by atoms with van der Waals surface area (Å²) < 4.78 is 6.15. The summed E-state index contributed by atoms with van der Waals surface area (Å²) in [7, 11) is 0. The predicted octanol–water partition coefficient (Wildman–Crippen LogP) is 2.74. The van der Waals surface area contributed by atoms with Gasteiger partial charge in [0.2, 0.25) is 5.91 Å². The zero-order valence-corrected chi connectivity index (χ0v) is 14.4. The van der Waals surface area contributed by atoms with Crippen LogP contribution < -0.4 is 0 Å². The molecule has 2 aliphatic heterocycles. The van der Waals surface area contributed by atoms with Gasteiger partial charge in [-0.15, -0.1) is 0 Å². The lowest BCUT2D eigenvalue weighted by molar-refractivity contribution is -0.157. The Morgan fingerprint density at radius 3 is 2.65 bits per heavy atom. The van der Waals surface area contributed by atoms with Gasteiger partial charge in [-0.1, -0.05) is 26.2 Å². The topological polar surface area (TPSA) is 49.8 Å².